The fourth-order valence-electron chi connectivity index (χ4n) is 4.98. The Labute approximate surface area is 317 Å². The van der Waals surface area contributed by atoms with E-state index >= 15 is 0 Å². The Morgan fingerprint density at radius 1 is 0.745 bits per heavy atom. The first kappa shape index (κ1) is 47.4. The summed E-state index contributed by atoms with van der Waals surface area (Å²) in [5, 5.41) is 43.0. The first-order chi connectivity index (χ1) is 25.6. The minimum atomic E-state index is -1.82. The number of aliphatic carboxylic acids is 2. The number of nitrogens with zero attached hydrogens (tertiary/aromatic N) is 1. The maximum Gasteiger partial charge on any atom is 0.326 e. The van der Waals surface area contributed by atoms with E-state index in [9.17, 15) is 53.4 Å². The van der Waals surface area contributed by atoms with Crippen molar-refractivity contribution in [1.82, 2.24) is 41.9 Å². The van der Waals surface area contributed by atoms with Gasteiger partial charge in [0.25, 0.3) is 0 Å². The van der Waals surface area contributed by atoms with E-state index in [2.05, 4.69) is 41.9 Å². The zero-order valence-corrected chi connectivity index (χ0v) is 31.6. The van der Waals surface area contributed by atoms with Crippen molar-refractivity contribution in [2.45, 2.75) is 122 Å². The van der Waals surface area contributed by atoms with Crippen LogP contribution in [-0.4, -0.2) is 127 Å². The van der Waals surface area contributed by atoms with Crippen LogP contribution in [-0.2, 0) is 49.6 Å². The number of aliphatic hydroxyl groups is 1. The van der Waals surface area contributed by atoms with Crippen LogP contribution in [0, 0.1) is 11.8 Å². The number of carbonyl (C=O) groups is 9. The number of carboxylic acid groups (broad SMARTS) is 2. The summed E-state index contributed by atoms with van der Waals surface area (Å²) in [6, 6.07) is -10.0. The first-order valence-corrected chi connectivity index (χ1v) is 17.5. The molecule has 1 heterocycles. The van der Waals surface area contributed by atoms with Crippen LogP contribution in [0.3, 0.4) is 0 Å². The van der Waals surface area contributed by atoms with Gasteiger partial charge in [-0.15, -0.1) is 0 Å². The zero-order chi connectivity index (χ0) is 42.2. The Morgan fingerprint density at radius 3 is 1.78 bits per heavy atom. The van der Waals surface area contributed by atoms with Gasteiger partial charge in [0.1, 0.15) is 36.3 Å². The number of aromatic nitrogens is 2. The Hall–Kier alpha value is -5.64. The van der Waals surface area contributed by atoms with E-state index in [0.717, 1.165) is 0 Å². The van der Waals surface area contributed by atoms with Crippen LogP contribution >= 0.6 is 0 Å². The lowest BCUT2D eigenvalue weighted by Gasteiger charge is -2.30. The first-order valence-electron chi connectivity index (χ1n) is 17.5. The molecule has 308 valence electrons. The van der Waals surface area contributed by atoms with Gasteiger partial charge in [0, 0.05) is 24.7 Å². The molecule has 0 saturated carbocycles. The van der Waals surface area contributed by atoms with Crippen LogP contribution in [0.25, 0.3) is 0 Å². The molecule has 0 unspecified atom stereocenters. The molecule has 0 fully saturated rings. The molecule has 14 N–H and O–H groups in total. The standard InChI is InChI=1S/C33H54N10O12/c1-7-15(4)25(31(52)40-21(33(54)55)11-23(46)47)42-29(50)20(8-9-22(35)45)39-30(51)24(14(2)3)41-32(53)26(17(6)44)43-27(48)16(5)38-28(49)19(34)10-18-12-36-13-37-18/h12-17,19-21,24-26,44H,7-11,34H2,1-6H3,(H2,35,45)(H,36,37)(H,38,49)(H,39,51)(H,40,52)(H,41,53)(H,42,50)(H,43,48)(H,46,47)(H,54,55)/t15-,16-,17+,19-,20-,21-,24-,25-,26-/m0/s1. The average Bonchev–Trinajstić information content (AvgIpc) is 3.61. The predicted molar refractivity (Wildman–Crippen MR) is 192 cm³/mol. The molecule has 0 aromatic carbocycles. The van der Waals surface area contributed by atoms with Gasteiger partial charge >= 0.3 is 11.9 Å². The smallest absolute Gasteiger partial charge is 0.326 e. The van der Waals surface area contributed by atoms with Gasteiger partial charge < -0.3 is 63.7 Å². The number of nitrogens with one attached hydrogen (secondary N) is 7. The number of imidazole rings is 1. The highest BCUT2D eigenvalue weighted by atomic mass is 16.4. The van der Waals surface area contributed by atoms with Gasteiger partial charge in [-0.3, -0.25) is 38.4 Å². The van der Waals surface area contributed by atoms with Crippen molar-refractivity contribution in [3.8, 4) is 0 Å². The van der Waals surface area contributed by atoms with Crippen LogP contribution in [0.4, 0.5) is 0 Å². The normalized spacial score (nSPS) is 16.0. The molecule has 1 aromatic rings. The summed E-state index contributed by atoms with van der Waals surface area (Å²) in [6.45, 7) is 8.84. The third-order valence-electron chi connectivity index (χ3n) is 8.49. The highest BCUT2D eigenvalue weighted by Crippen LogP contribution is 2.12. The summed E-state index contributed by atoms with van der Waals surface area (Å²) in [6.07, 6.45) is 0.0610. The van der Waals surface area contributed by atoms with Gasteiger partial charge in [-0.25, -0.2) is 9.78 Å². The van der Waals surface area contributed by atoms with E-state index in [4.69, 9.17) is 16.6 Å². The predicted octanol–water partition coefficient (Wildman–Crippen LogP) is -3.88. The third kappa shape index (κ3) is 16.1. The number of amides is 7. The number of nitrogens with two attached hydrogens (primary N) is 2. The molecular weight excluding hydrogens is 728 g/mol. The molecule has 0 saturated heterocycles. The van der Waals surface area contributed by atoms with Crippen molar-refractivity contribution in [1.29, 1.82) is 0 Å². The van der Waals surface area contributed by atoms with Crippen LogP contribution in [0.2, 0.25) is 0 Å². The van der Waals surface area contributed by atoms with E-state index in [-0.39, 0.29) is 12.8 Å². The number of aromatic amines is 1. The van der Waals surface area contributed by atoms with Gasteiger partial charge in [-0.05, 0) is 32.1 Å². The largest absolute Gasteiger partial charge is 0.481 e. The van der Waals surface area contributed by atoms with Gasteiger partial charge in [-0.2, -0.15) is 0 Å². The number of rotatable bonds is 24. The SMILES string of the molecule is CC[C@H](C)[C@H](NC(=O)[C@H](CCC(N)=O)NC(=O)[C@@H](NC(=O)[C@@H](NC(=O)[C@H](C)NC(=O)[C@@H](N)Cc1cnc[nH]1)[C@@H](C)O)C(C)C)C(=O)N[C@@H](CC(=O)O)C(=O)O. The summed E-state index contributed by atoms with van der Waals surface area (Å²) in [4.78, 5) is 120. The molecule has 0 bridgehead atoms. The lowest BCUT2D eigenvalue weighted by molar-refractivity contribution is -0.147. The van der Waals surface area contributed by atoms with Crippen molar-refractivity contribution in [2.24, 2.45) is 23.3 Å². The van der Waals surface area contributed by atoms with Crippen molar-refractivity contribution < 1.29 is 58.5 Å². The Morgan fingerprint density at radius 2 is 1.29 bits per heavy atom. The van der Waals surface area contributed by atoms with Gasteiger partial charge in [0.05, 0.1) is 24.9 Å². The minimum Gasteiger partial charge on any atom is -0.481 e. The molecule has 22 heteroatoms. The second-order valence-corrected chi connectivity index (χ2v) is 13.5. The average molecular weight is 783 g/mol. The lowest BCUT2D eigenvalue weighted by Crippen LogP contribution is -2.62. The molecule has 0 aliphatic heterocycles. The topological polar surface area (TPSA) is 367 Å². The number of H-pyrrole nitrogens is 1. The molecule has 0 aliphatic rings. The summed E-state index contributed by atoms with van der Waals surface area (Å²) < 4.78 is 0. The van der Waals surface area contributed by atoms with Crippen molar-refractivity contribution in [3.05, 3.63) is 18.2 Å². The van der Waals surface area contributed by atoms with Crippen LogP contribution in [0.1, 0.15) is 72.9 Å². The minimum absolute atomic E-state index is 0.0954. The summed E-state index contributed by atoms with van der Waals surface area (Å²) in [5.41, 5.74) is 11.8. The molecule has 22 nitrogen and oxygen atoms in total. The van der Waals surface area contributed by atoms with E-state index < -0.39 is 126 Å². The van der Waals surface area contributed by atoms with Gasteiger partial charge in [-0.1, -0.05) is 34.1 Å². The van der Waals surface area contributed by atoms with E-state index in [1.165, 1.54) is 26.4 Å². The lowest BCUT2D eigenvalue weighted by atomic mass is 9.96. The van der Waals surface area contributed by atoms with Gasteiger partial charge in [0.2, 0.25) is 41.4 Å². The molecule has 0 radical (unpaired) electrons. The van der Waals surface area contributed by atoms with Crippen LogP contribution in [0.15, 0.2) is 12.5 Å². The number of carboxylic acids is 2. The second kappa shape index (κ2) is 22.5. The van der Waals surface area contributed by atoms with E-state index in [1.54, 1.807) is 27.7 Å². The van der Waals surface area contributed by atoms with Gasteiger partial charge in [0.15, 0.2) is 0 Å². The molecular formula is C33H54N10O12. The summed E-state index contributed by atoms with van der Waals surface area (Å²) in [7, 11) is 0. The van der Waals surface area contributed by atoms with E-state index in [0.29, 0.717) is 12.1 Å². The maximum atomic E-state index is 13.6. The summed E-state index contributed by atoms with van der Waals surface area (Å²) >= 11 is 0. The Bertz CT molecular complexity index is 1520. The van der Waals surface area contributed by atoms with Crippen LogP contribution in [0.5, 0.6) is 0 Å². The van der Waals surface area contributed by atoms with E-state index in [1.807, 2.05) is 0 Å². The zero-order valence-electron chi connectivity index (χ0n) is 31.6. The number of hydrogen-bond acceptors (Lipinski definition) is 12. The quantitative estimate of drug-likeness (QED) is 0.0477. The van der Waals surface area contributed by atoms with Crippen molar-refractivity contribution >= 4 is 53.3 Å². The monoisotopic (exact) mass is 782 g/mol. The number of carbonyl (C=O) groups excluding carboxylic acids is 7. The highest BCUT2D eigenvalue weighted by Gasteiger charge is 2.36. The third-order valence-corrected chi connectivity index (χ3v) is 8.49. The Balaban J connectivity index is 3.15. The summed E-state index contributed by atoms with van der Waals surface area (Å²) in [5.74, 6) is -10.7. The molecule has 7 amide bonds. The fraction of sp³-hybridized carbons (Fsp3) is 0.636. The molecule has 0 spiro atoms. The maximum absolute atomic E-state index is 13.6. The number of hydrogen-bond donors (Lipinski definition) is 12. The van der Waals surface area contributed by atoms with Crippen LogP contribution < -0.4 is 43.4 Å². The molecule has 55 heavy (non-hydrogen) atoms. The Kier molecular flexibility index (Phi) is 19.4. The highest BCUT2D eigenvalue weighted by molar-refractivity contribution is 5.97. The molecule has 1 aromatic heterocycles. The fourth-order valence-corrected chi connectivity index (χ4v) is 4.98. The molecule has 9 atom stereocenters. The number of primary amides is 1. The molecule has 1 rings (SSSR count). The molecule has 0 aliphatic carbocycles. The van der Waals surface area contributed by atoms with Crippen molar-refractivity contribution in [2.75, 3.05) is 0 Å². The number of aliphatic hydroxyl groups excluding tert-OH is 1. The second-order valence-electron chi connectivity index (χ2n) is 13.5. The van der Waals surface area contributed by atoms with Crippen molar-refractivity contribution in [3.63, 3.8) is 0 Å².